The summed E-state index contributed by atoms with van der Waals surface area (Å²) in [6, 6.07) is 19.3. The van der Waals surface area contributed by atoms with E-state index in [1.54, 1.807) is 31.0 Å². The molecule has 5 aromatic rings. The molecule has 0 unspecified atom stereocenters. The Bertz CT molecular complexity index is 1560. The van der Waals surface area contributed by atoms with Gasteiger partial charge in [-0.1, -0.05) is 29.8 Å². The van der Waals surface area contributed by atoms with E-state index in [2.05, 4.69) is 25.9 Å². The van der Waals surface area contributed by atoms with Crippen LogP contribution in [0.2, 0.25) is 0 Å². The summed E-state index contributed by atoms with van der Waals surface area (Å²) in [5.41, 5.74) is 3.77. The first-order chi connectivity index (χ1) is 17.4. The van der Waals surface area contributed by atoms with Gasteiger partial charge in [-0.2, -0.15) is 9.78 Å². The zero-order chi connectivity index (χ0) is 25.2. The second-order valence-corrected chi connectivity index (χ2v) is 8.16. The minimum atomic E-state index is -0.591. The number of nitrogens with zero attached hydrogens (tertiary/aromatic N) is 6. The quantitative estimate of drug-likeness (QED) is 0.381. The van der Waals surface area contributed by atoms with E-state index in [-0.39, 0.29) is 11.3 Å². The number of aromatic nitrogens is 6. The standard InChI is InChI=1S/C26H22FN7O2/c1-16-7-9-19(10-8-16)33-15-22(25(30-33)18-5-4-6-21(13-18)36-3)26(35)28-24-14-20(11-12-23(24)27)34-17(2)29-31-32-34/h4-15H,1-3H3,(H,28,35). The van der Waals surface area contributed by atoms with E-state index in [0.717, 1.165) is 11.3 Å². The molecule has 1 N–H and O–H groups in total. The van der Waals surface area contributed by atoms with Crippen LogP contribution in [0.3, 0.4) is 0 Å². The van der Waals surface area contributed by atoms with Crippen molar-refractivity contribution in [1.82, 2.24) is 30.0 Å². The molecule has 1 amide bonds. The van der Waals surface area contributed by atoms with Gasteiger partial charge in [-0.25, -0.2) is 9.07 Å². The number of tetrazole rings is 1. The highest BCUT2D eigenvalue weighted by atomic mass is 19.1. The van der Waals surface area contributed by atoms with Crippen LogP contribution >= 0.6 is 0 Å². The molecule has 36 heavy (non-hydrogen) atoms. The highest BCUT2D eigenvalue weighted by Gasteiger charge is 2.21. The number of carbonyl (C=O) groups is 1. The molecule has 3 aromatic carbocycles. The number of methoxy groups -OCH3 is 1. The van der Waals surface area contributed by atoms with Gasteiger partial charge in [0.15, 0.2) is 5.82 Å². The predicted molar refractivity (Wildman–Crippen MR) is 132 cm³/mol. The number of benzene rings is 3. The van der Waals surface area contributed by atoms with Gasteiger partial charge in [0.25, 0.3) is 5.91 Å². The lowest BCUT2D eigenvalue weighted by Gasteiger charge is -2.09. The molecular weight excluding hydrogens is 461 g/mol. The molecule has 0 atom stereocenters. The molecule has 0 radical (unpaired) electrons. The molecule has 10 heteroatoms. The van der Waals surface area contributed by atoms with Gasteiger partial charge in [0.05, 0.1) is 29.7 Å². The Kier molecular flexibility index (Phi) is 5.99. The maximum atomic E-state index is 14.7. The number of hydrogen-bond donors (Lipinski definition) is 1. The van der Waals surface area contributed by atoms with Crippen molar-refractivity contribution in [2.75, 3.05) is 12.4 Å². The van der Waals surface area contributed by atoms with Crippen LogP contribution in [0.1, 0.15) is 21.7 Å². The van der Waals surface area contributed by atoms with Gasteiger partial charge in [-0.05, 0) is 66.7 Å². The molecule has 0 saturated carbocycles. The van der Waals surface area contributed by atoms with Gasteiger partial charge in [-0.3, -0.25) is 4.79 Å². The van der Waals surface area contributed by atoms with Crippen molar-refractivity contribution in [3.05, 3.63) is 95.7 Å². The van der Waals surface area contributed by atoms with Crippen LogP contribution < -0.4 is 10.1 Å². The van der Waals surface area contributed by atoms with Gasteiger partial charge < -0.3 is 10.1 Å². The number of rotatable bonds is 6. The molecule has 9 nitrogen and oxygen atoms in total. The molecular formula is C26H22FN7O2. The zero-order valence-corrected chi connectivity index (χ0v) is 19.8. The number of nitrogens with one attached hydrogen (secondary N) is 1. The molecule has 0 aliphatic rings. The number of amides is 1. The third kappa shape index (κ3) is 4.43. The highest BCUT2D eigenvalue weighted by Crippen LogP contribution is 2.28. The summed E-state index contributed by atoms with van der Waals surface area (Å²) in [6.45, 7) is 3.72. The topological polar surface area (TPSA) is 99.8 Å². The third-order valence-electron chi connectivity index (χ3n) is 5.67. The van der Waals surface area contributed by atoms with Crippen LogP contribution in [0.15, 0.2) is 72.9 Å². The average Bonchev–Trinajstić information content (AvgIpc) is 3.53. The SMILES string of the molecule is COc1cccc(-c2nn(-c3ccc(C)cc3)cc2C(=O)Nc2cc(-n3nnnc3C)ccc2F)c1. The number of ether oxygens (including phenoxy) is 1. The van der Waals surface area contributed by atoms with E-state index in [4.69, 9.17) is 4.74 Å². The molecule has 0 bridgehead atoms. The van der Waals surface area contributed by atoms with Crippen LogP contribution in [-0.4, -0.2) is 43.0 Å². The number of hydrogen-bond acceptors (Lipinski definition) is 6. The van der Waals surface area contributed by atoms with Crippen molar-refractivity contribution in [1.29, 1.82) is 0 Å². The summed E-state index contributed by atoms with van der Waals surface area (Å²) in [7, 11) is 1.57. The van der Waals surface area contributed by atoms with Gasteiger partial charge in [-0.15, -0.1) is 5.10 Å². The molecule has 5 rings (SSSR count). The lowest BCUT2D eigenvalue weighted by Crippen LogP contribution is -2.14. The maximum absolute atomic E-state index is 14.7. The molecule has 0 aliphatic heterocycles. The van der Waals surface area contributed by atoms with Gasteiger partial charge in [0.2, 0.25) is 0 Å². The summed E-state index contributed by atoms with van der Waals surface area (Å²) in [4.78, 5) is 13.5. The summed E-state index contributed by atoms with van der Waals surface area (Å²) < 4.78 is 23.1. The van der Waals surface area contributed by atoms with Crippen LogP contribution in [0, 0.1) is 19.7 Å². The van der Waals surface area contributed by atoms with E-state index >= 15 is 0 Å². The second kappa shape index (κ2) is 9.41. The number of anilines is 1. The Hall–Kier alpha value is -4.86. The zero-order valence-electron chi connectivity index (χ0n) is 19.8. The molecule has 0 fully saturated rings. The van der Waals surface area contributed by atoms with E-state index in [0.29, 0.717) is 28.5 Å². The first-order valence-corrected chi connectivity index (χ1v) is 11.1. The summed E-state index contributed by atoms with van der Waals surface area (Å²) >= 11 is 0. The maximum Gasteiger partial charge on any atom is 0.259 e. The lowest BCUT2D eigenvalue weighted by molar-refractivity contribution is 0.102. The molecule has 0 saturated heterocycles. The Labute approximate surface area is 206 Å². The lowest BCUT2D eigenvalue weighted by atomic mass is 10.1. The molecule has 0 spiro atoms. The van der Waals surface area contributed by atoms with Crippen molar-refractivity contribution in [2.24, 2.45) is 0 Å². The monoisotopic (exact) mass is 483 g/mol. The highest BCUT2D eigenvalue weighted by molar-refractivity contribution is 6.08. The van der Waals surface area contributed by atoms with Crippen molar-refractivity contribution in [2.45, 2.75) is 13.8 Å². The van der Waals surface area contributed by atoms with Crippen LogP contribution in [0.25, 0.3) is 22.6 Å². The molecule has 2 heterocycles. The van der Waals surface area contributed by atoms with Gasteiger partial charge in [0, 0.05) is 11.8 Å². The van der Waals surface area contributed by atoms with E-state index in [9.17, 15) is 9.18 Å². The fourth-order valence-electron chi connectivity index (χ4n) is 3.75. The van der Waals surface area contributed by atoms with Crippen molar-refractivity contribution < 1.29 is 13.9 Å². The Morgan fingerprint density at radius 3 is 2.50 bits per heavy atom. The summed E-state index contributed by atoms with van der Waals surface area (Å²) in [6.07, 6.45) is 1.63. The largest absolute Gasteiger partial charge is 0.497 e. The first-order valence-electron chi connectivity index (χ1n) is 11.1. The normalized spacial score (nSPS) is 10.9. The Balaban J connectivity index is 1.56. The van der Waals surface area contributed by atoms with Crippen LogP contribution in [0.4, 0.5) is 10.1 Å². The molecule has 0 aliphatic carbocycles. The van der Waals surface area contributed by atoms with E-state index < -0.39 is 11.7 Å². The van der Waals surface area contributed by atoms with E-state index in [1.165, 1.54) is 22.9 Å². The van der Waals surface area contributed by atoms with Crippen molar-refractivity contribution in [3.8, 4) is 28.4 Å². The Morgan fingerprint density at radius 1 is 1.00 bits per heavy atom. The van der Waals surface area contributed by atoms with Gasteiger partial charge >= 0.3 is 0 Å². The van der Waals surface area contributed by atoms with Crippen LogP contribution in [0.5, 0.6) is 5.75 Å². The van der Waals surface area contributed by atoms with Crippen molar-refractivity contribution >= 4 is 11.6 Å². The predicted octanol–water partition coefficient (Wildman–Crippen LogP) is 4.53. The fraction of sp³-hybridized carbons (Fsp3) is 0.115. The third-order valence-corrected chi connectivity index (χ3v) is 5.67. The first kappa shape index (κ1) is 22.9. The minimum Gasteiger partial charge on any atom is -0.497 e. The number of carbonyl (C=O) groups excluding carboxylic acids is 1. The number of halogens is 1. The summed E-state index contributed by atoms with van der Waals surface area (Å²) in [5.74, 6) is 0.0419. The van der Waals surface area contributed by atoms with Crippen LogP contribution in [-0.2, 0) is 0 Å². The summed E-state index contributed by atoms with van der Waals surface area (Å²) in [5, 5.41) is 18.7. The number of aryl methyl sites for hydroxylation is 2. The average molecular weight is 484 g/mol. The molecule has 180 valence electrons. The smallest absolute Gasteiger partial charge is 0.259 e. The van der Waals surface area contributed by atoms with E-state index in [1.807, 2.05) is 49.4 Å². The van der Waals surface area contributed by atoms with Gasteiger partial charge in [0.1, 0.15) is 17.3 Å². The van der Waals surface area contributed by atoms with Crippen molar-refractivity contribution in [3.63, 3.8) is 0 Å². The fourth-order valence-corrected chi connectivity index (χ4v) is 3.75. The Morgan fingerprint density at radius 2 is 1.78 bits per heavy atom. The molecule has 2 aromatic heterocycles. The minimum absolute atomic E-state index is 0.00734. The second-order valence-electron chi connectivity index (χ2n) is 8.16.